The number of fused-ring (bicyclic) bond motifs is 2. The maximum atomic E-state index is 6.46. The lowest BCUT2D eigenvalue weighted by atomic mass is 10.1. The first kappa shape index (κ1) is 17.9. The summed E-state index contributed by atoms with van der Waals surface area (Å²) in [4.78, 5) is 16.5. The Balaban J connectivity index is 1.54. The summed E-state index contributed by atoms with van der Waals surface area (Å²) in [6.45, 7) is 0.457. The van der Waals surface area contributed by atoms with Crippen molar-refractivity contribution in [2.45, 2.75) is 6.54 Å². The summed E-state index contributed by atoms with van der Waals surface area (Å²) in [5, 5.41) is 6.52. The molecule has 0 aliphatic heterocycles. The molecule has 0 amide bonds. The second-order valence-electron chi connectivity index (χ2n) is 6.45. The van der Waals surface area contributed by atoms with Crippen molar-refractivity contribution in [3.05, 3.63) is 64.8 Å². The Hall–Kier alpha value is -3.16. The van der Waals surface area contributed by atoms with Gasteiger partial charge in [-0.15, -0.1) is 0 Å². The Labute approximate surface area is 175 Å². The minimum absolute atomic E-state index is 0.410. The molecule has 29 heavy (non-hydrogen) atoms. The van der Waals surface area contributed by atoms with E-state index in [2.05, 4.69) is 25.0 Å². The predicted octanol–water partition coefficient (Wildman–Crippen LogP) is 4.73. The number of hydrogen-bond donors (Lipinski definition) is 1. The van der Waals surface area contributed by atoms with Crippen molar-refractivity contribution in [2.24, 2.45) is 0 Å². The number of rotatable bonds is 4. The third kappa shape index (κ3) is 3.28. The van der Waals surface area contributed by atoms with E-state index >= 15 is 0 Å². The Morgan fingerprint density at radius 2 is 2.00 bits per heavy atom. The normalized spacial score (nSPS) is 11.4. The first-order chi connectivity index (χ1) is 14.1. The van der Waals surface area contributed by atoms with Crippen molar-refractivity contribution in [1.29, 1.82) is 0 Å². The second-order valence-corrected chi connectivity index (χ2v) is 7.25. The number of ether oxygens (including phenoxy) is 1. The zero-order chi connectivity index (χ0) is 20.0. The van der Waals surface area contributed by atoms with Crippen molar-refractivity contribution in [1.82, 2.24) is 29.7 Å². The fraction of sp³-hybridized carbons (Fsp3) is 0.100. The maximum Gasteiger partial charge on any atom is 0.179 e. The molecule has 9 heteroatoms. The zero-order valence-corrected chi connectivity index (χ0v) is 16.7. The Morgan fingerprint density at radius 3 is 2.83 bits per heavy atom. The molecule has 4 aromatic heterocycles. The van der Waals surface area contributed by atoms with Crippen molar-refractivity contribution in [3.63, 3.8) is 0 Å². The van der Waals surface area contributed by atoms with Crippen LogP contribution in [0.1, 0.15) is 5.82 Å². The van der Waals surface area contributed by atoms with E-state index < -0.39 is 0 Å². The van der Waals surface area contributed by atoms with Gasteiger partial charge in [-0.2, -0.15) is 5.10 Å². The van der Waals surface area contributed by atoms with Crippen LogP contribution in [0.5, 0.6) is 5.75 Å². The molecule has 0 saturated carbocycles. The van der Waals surface area contributed by atoms with Gasteiger partial charge in [-0.25, -0.2) is 9.97 Å². The lowest BCUT2D eigenvalue weighted by Crippen LogP contribution is -2.01. The molecule has 0 spiro atoms. The SMILES string of the molecule is COc1ccc(-c2nccc3nn(Cc4nc5nc(Cl)ccc5[nH]4)cc23)c(Cl)c1. The summed E-state index contributed by atoms with van der Waals surface area (Å²) < 4.78 is 7.04. The summed E-state index contributed by atoms with van der Waals surface area (Å²) in [5.74, 6) is 1.43. The van der Waals surface area contributed by atoms with Crippen LogP contribution < -0.4 is 4.74 Å². The van der Waals surface area contributed by atoms with E-state index in [-0.39, 0.29) is 0 Å². The van der Waals surface area contributed by atoms with Crippen molar-refractivity contribution in [3.8, 4) is 17.0 Å². The molecule has 0 aliphatic carbocycles. The number of hydrogen-bond acceptors (Lipinski definition) is 5. The van der Waals surface area contributed by atoms with E-state index in [1.807, 2.05) is 35.1 Å². The third-order valence-corrected chi connectivity index (χ3v) is 5.11. The molecule has 7 nitrogen and oxygen atoms in total. The van der Waals surface area contributed by atoms with Gasteiger partial charge in [-0.1, -0.05) is 23.2 Å². The van der Waals surface area contributed by atoms with E-state index in [0.717, 1.165) is 33.5 Å². The molecular formula is C20H14Cl2N6O. The van der Waals surface area contributed by atoms with Crippen LogP contribution >= 0.6 is 23.2 Å². The molecule has 5 aromatic rings. The predicted molar refractivity (Wildman–Crippen MR) is 113 cm³/mol. The molecule has 0 radical (unpaired) electrons. The summed E-state index contributed by atoms with van der Waals surface area (Å²) in [7, 11) is 1.61. The van der Waals surface area contributed by atoms with Crippen LogP contribution in [0.25, 0.3) is 33.3 Å². The number of halogens is 2. The van der Waals surface area contributed by atoms with Crippen LogP contribution in [0.3, 0.4) is 0 Å². The number of methoxy groups -OCH3 is 1. The van der Waals surface area contributed by atoms with Gasteiger partial charge in [0.2, 0.25) is 0 Å². The Kier molecular flexibility index (Phi) is 4.34. The van der Waals surface area contributed by atoms with Gasteiger partial charge >= 0.3 is 0 Å². The molecular weight excluding hydrogens is 411 g/mol. The van der Waals surface area contributed by atoms with Crippen LogP contribution in [0.4, 0.5) is 0 Å². The lowest BCUT2D eigenvalue weighted by Gasteiger charge is -2.06. The summed E-state index contributed by atoms with van der Waals surface area (Å²) in [6, 6.07) is 11.0. The molecule has 5 rings (SSSR count). The molecule has 0 aliphatic rings. The zero-order valence-electron chi connectivity index (χ0n) is 15.2. The molecule has 0 unspecified atom stereocenters. The highest BCUT2D eigenvalue weighted by Gasteiger charge is 2.14. The Morgan fingerprint density at radius 1 is 1.10 bits per heavy atom. The Bertz CT molecular complexity index is 1360. The van der Waals surface area contributed by atoms with Gasteiger partial charge < -0.3 is 9.72 Å². The van der Waals surface area contributed by atoms with Crippen molar-refractivity contribution >= 4 is 45.3 Å². The first-order valence-corrected chi connectivity index (χ1v) is 9.53. The molecule has 144 valence electrons. The highest BCUT2D eigenvalue weighted by Crippen LogP contribution is 2.33. The number of aromatic nitrogens is 6. The van der Waals surface area contributed by atoms with Gasteiger partial charge in [-0.3, -0.25) is 9.67 Å². The lowest BCUT2D eigenvalue weighted by molar-refractivity contribution is 0.415. The molecule has 1 N–H and O–H groups in total. The number of pyridine rings is 2. The third-order valence-electron chi connectivity index (χ3n) is 4.59. The van der Waals surface area contributed by atoms with Gasteiger partial charge in [0, 0.05) is 23.3 Å². The van der Waals surface area contributed by atoms with E-state index in [9.17, 15) is 0 Å². The van der Waals surface area contributed by atoms with Crippen LogP contribution in [-0.4, -0.2) is 36.8 Å². The largest absolute Gasteiger partial charge is 0.497 e. The summed E-state index contributed by atoms with van der Waals surface area (Å²) >= 11 is 12.4. The van der Waals surface area contributed by atoms with Gasteiger partial charge in [0.25, 0.3) is 0 Å². The quantitative estimate of drug-likeness (QED) is 0.421. The number of imidazole rings is 1. The van der Waals surface area contributed by atoms with E-state index in [0.29, 0.717) is 28.1 Å². The second kappa shape index (κ2) is 7.02. The summed E-state index contributed by atoms with van der Waals surface area (Å²) in [6.07, 6.45) is 3.66. The first-order valence-electron chi connectivity index (χ1n) is 8.78. The van der Waals surface area contributed by atoms with Crippen LogP contribution in [0.15, 0.2) is 48.8 Å². The summed E-state index contributed by atoms with van der Waals surface area (Å²) in [5.41, 5.74) is 3.81. The monoisotopic (exact) mass is 424 g/mol. The van der Waals surface area contributed by atoms with Gasteiger partial charge in [0.15, 0.2) is 5.65 Å². The van der Waals surface area contributed by atoms with Crippen LogP contribution in [0, 0.1) is 0 Å². The van der Waals surface area contributed by atoms with Crippen LogP contribution in [0.2, 0.25) is 10.2 Å². The smallest absolute Gasteiger partial charge is 0.179 e. The minimum Gasteiger partial charge on any atom is -0.497 e. The average molecular weight is 425 g/mol. The number of benzene rings is 1. The number of nitrogens with zero attached hydrogens (tertiary/aromatic N) is 5. The van der Waals surface area contributed by atoms with E-state index in [1.54, 1.807) is 25.4 Å². The molecule has 0 saturated heterocycles. The fourth-order valence-corrected chi connectivity index (χ4v) is 3.66. The number of nitrogens with one attached hydrogen (secondary N) is 1. The highest BCUT2D eigenvalue weighted by molar-refractivity contribution is 6.33. The minimum atomic E-state index is 0.410. The number of H-pyrrole nitrogens is 1. The molecule has 1 aromatic carbocycles. The average Bonchev–Trinajstić information content (AvgIpc) is 3.30. The van der Waals surface area contributed by atoms with Crippen LogP contribution in [-0.2, 0) is 6.54 Å². The molecule has 0 fully saturated rings. The van der Waals surface area contributed by atoms with E-state index in [4.69, 9.17) is 27.9 Å². The van der Waals surface area contributed by atoms with Gasteiger partial charge in [0.05, 0.1) is 35.4 Å². The highest BCUT2D eigenvalue weighted by atomic mass is 35.5. The van der Waals surface area contributed by atoms with Crippen molar-refractivity contribution in [2.75, 3.05) is 7.11 Å². The maximum absolute atomic E-state index is 6.46. The fourth-order valence-electron chi connectivity index (χ4n) is 3.25. The molecule has 0 bridgehead atoms. The van der Waals surface area contributed by atoms with Gasteiger partial charge in [-0.05, 0) is 36.4 Å². The molecule has 0 atom stereocenters. The van der Waals surface area contributed by atoms with E-state index in [1.165, 1.54) is 0 Å². The topological polar surface area (TPSA) is 81.5 Å². The standard InChI is InChI=1S/C20H14Cl2N6O/c1-29-11-2-3-12(14(21)8-11)19-13-9-28(27-15(13)6-7-23-19)10-18-24-16-4-5-17(22)25-20(16)26-18/h2-9H,10H2,1H3,(H,24,25,26). The van der Waals surface area contributed by atoms with Crippen molar-refractivity contribution < 1.29 is 4.74 Å². The number of aromatic amines is 1. The van der Waals surface area contributed by atoms with Gasteiger partial charge in [0.1, 0.15) is 16.7 Å². The molecule has 4 heterocycles.